The van der Waals surface area contributed by atoms with Gasteiger partial charge >= 0.3 is 12.2 Å². The summed E-state index contributed by atoms with van der Waals surface area (Å²) in [4.78, 5) is 23.2. The minimum Gasteiger partial charge on any atom is -0.474 e. The highest BCUT2D eigenvalue weighted by molar-refractivity contribution is 5.96. The molecule has 15 heteroatoms. The molecule has 1 saturated carbocycles. The first-order valence-corrected chi connectivity index (χ1v) is 16.0. The summed E-state index contributed by atoms with van der Waals surface area (Å²) >= 11 is 0. The Hall–Kier alpha value is -3.85. The van der Waals surface area contributed by atoms with Gasteiger partial charge in [0.15, 0.2) is 5.82 Å². The molecule has 1 aliphatic carbocycles. The number of nitrogens with one attached hydrogen (secondary N) is 1. The van der Waals surface area contributed by atoms with Crippen LogP contribution >= 0.6 is 0 Å². The molecule has 5 heterocycles. The van der Waals surface area contributed by atoms with Crippen LogP contribution in [-0.4, -0.2) is 89.2 Å². The highest BCUT2D eigenvalue weighted by Gasteiger charge is 2.53. The maximum absolute atomic E-state index is 16.6. The fourth-order valence-electron chi connectivity index (χ4n) is 5.76. The van der Waals surface area contributed by atoms with Crippen LogP contribution in [0.2, 0.25) is 0 Å². The van der Waals surface area contributed by atoms with Gasteiger partial charge in [0.25, 0.3) is 0 Å². The lowest BCUT2D eigenvalue weighted by Gasteiger charge is -2.55. The lowest BCUT2D eigenvalue weighted by atomic mass is 9.92. The molecule has 256 valence electrons. The molecule has 0 amide bonds. The van der Waals surface area contributed by atoms with Crippen molar-refractivity contribution in [1.82, 2.24) is 24.8 Å². The zero-order valence-corrected chi connectivity index (χ0v) is 27.4. The first kappa shape index (κ1) is 34.5. The smallest absolute Gasteiger partial charge is 0.418 e. The number of nitrogen functional groups attached to an aromatic ring is 1. The van der Waals surface area contributed by atoms with Crippen molar-refractivity contribution in [2.45, 2.75) is 78.3 Å². The predicted octanol–water partition coefficient (Wildman–Crippen LogP) is 5.69. The topological polar surface area (TPSA) is 133 Å². The van der Waals surface area contributed by atoms with Crippen molar-refractivity contribution < 1.29 is 31.8 Å². The number of anilines is 2. The molecule has 3 N–H and O–H groups in total. The minimum atomic E-state index is -4.87. The first-order valence-electron chi connectivity index (χ1n) is 16.0. The number of nitrogens with two attached hydrogens (primary N) is 1. The van der Waals surface area contributed by atoms with Gasteiger partial charge in [0.1, 0.15) is 28.2 Å². The Bertz CT molecular complexity index is 1620. The number of alkyl halides is 3. The zero-order chi connectivity index (χ0) is 34.1. The second-order valence-corrected chi connectivity index (χ2v) is 12.1. The Balaban J connectivity index is 0.00000213. The molecule has 3 aliphatic rings. The van der Waals surface area contributed by atoms with Crippen LogP contribution in [0.15, 0.2) is 11.1 Å². The van der Waals surface area contributed by atoms with E-state index in [1.165, 1.54) is 0 Å². The molecule has 0 radical (unpaired) electrons. The van der Waals surface area contributed by atoms with Crippen molar-refractivity contribution >= 4 is 29.3 Å². The van der Waals surface area contributed by atoms with E-state index >= 15 is 4.39 Å². The van der Waals surface area contributed by atoms with Crippen LogP contribution in [0.1, 0.15) is 58.2 Å². The summed E-state index contributed by atoms with van der Waals surface area (Å²) in [5.41, 5.74) is 2.69. The number of hydrogen-bond donors (Lipinski definition) is 2. The molecule has 3 aromatic heterocycles. The Kier molecular flexibility index (Phi) is 10.1. The molecule has 3 aromatic rings. The van der Waals surface area contributed by atoms with E-state index in [-0.39, 0.29) is 46.4 Å². The van der Waals surface area contributed by atoms with Gasteiger partial charge in [0.2, 0.25) is 5.88 Å². The summed E-state index contributed by atoms with van der Waals surface area (Å²) in [6.45, 7) is 15.7. The molecular formula is C32H42F4N8O3. The van der Waals surface area contributed by atoms with E-state index in [0.717, 1.165) is 45.5 Å². The number of likely N-dealkylation sites (tertiary alicyclic amines) is 1. The van der Waals surface area contributed by atoms with Crippen molar-refractivity contribution in [1.29, 1.82) is 0 Å². The maximum atomic E-state index is 16.6. The second-order valence-electron chi connectivity index (χ2n) is 12.1. The van der Waals surface area contributed by atoms with Gasteiger partial charge in [-0.1, -0.05) is 20.8 Å². The summed E-state index contributed by atoms with van der Waals surface area (Å²) in [7, 11) is 0. The standard InChI is InChI=1S/C30H36F4N8O3.C2H6/c1-5-15(2)45-27-21-25(23(31)24(39-27)17-10-20(35)38-16(3)22(17)30(32,33)34)40-28(41-26(21)37-9-8-36-4)44-14-29(6-7-29)13-42-11-19-18(42)12-43-19;1-2/h10,15,18-19H,4-9,11-14H2,1-3H3,(H2,35,38)(H,37,40,41);1-2H3. The molecule has 0 aromatic carbocycles. The predicted molar refractivity (Wildman–Crippen MR) is 172 cm³/mol. The molecule has 47 heavy (non-hydrogen) atoms. The zero-order valence-electron chi connectivity index (χ0n) is 27.4. The van der Waals surface area contributed by atoms with E-state index < -0.39 is 40.6 Å². The van der Waals surface area contributed by atoms with Crippen molar-refractivity contribution in [3.63, 3.8) is 0 Å². The molecule has 2 aliphatic heterocycles. The number of aryl methyl sites for hydroxylation is 1. The van der Waals surface area contributed by atoms with E-state index in [0.29, 0.717) is 31.7 Å². The van der Waals surface area contributed by atoms with Crippen LogP contribution in [0.5, 0.6) is 11.9 Å². The van der Waals surface area contributed by atoms with E-state index in [4.69, 9.17) is 19.9 Å². The average Bonchev–Trinajstić information content (AvgIpc) is 3.79. The fourth-order valence-corrected chi connectivity index (χ4v) is 5.76. The minimum absolute atomic E-state index is 0.0676. The fraction of sp³-hybridized carbons (Fsp3) is 0.594. The van der Waals surface area contributed by atoms with Crippen LogP contribution in [0.3, 0.4) is 0 Å². The van der Waals surface area contributed by atoms with Gasteiger partial charge in [-0.05, 0) is 45.9 Å². The summed E-state index contributed by atoms with van der Waals surface area (Å²) < 4.78 is 77.1. The third-order valence-corrected chi connectivity index (χ3v) is 8.74. The molecule has 3 unspecified atom stereocenters. The lowest BCUT2D eigenvalue weighted by molar-refractivity contribution is -0.218. The van der Waals surface area contributed by atoms with Crippen LogP contribution in [0, 0.1) is 18.2 Å². The maximum Gasteiger partial charge on any atom is 0.418 e. The van der Waals surface area contributed by atoms with Gasteiger partial charge in [-0.15, -0.1) is 0 Å². The Labute approximate surface area is 271 Å². The van der Waals surface area contributed by atoms with Gasteiger partial charge in [-0.3, -0.25) is 9.89 Å². The highest BCUT2D eigenvalue weighted by Crippen LogP contribution is 2.49. The van der Waals surface area contributed by atoms with Crippen LogP contribution in [0.4, 0.5) is 29.2 Å². The SMILES string of the molecule is C=NCCNc1nc(OCC2(CN3CC4OCC43)CC2)nc2c(F)c(-c3cc(N)nc(C)c3C(F)(F)F)nc(OC(C)CC)c12.CC. The summed E-state index contributed by atoms with van der Waals surface area (Å²) in [6, 6.07) is 1.28. The van der Waals surface area contributed by atoms with Crippen LogP contribution < -0.4 is 20.5 Å². The van der Waals surface area contributed by atoms with Crippen molar-refractivity contribution in [2.75, 3.05) is 50.4 Å². The van der Waals surface area contributed by atoms with E-state index in [2.05, 4.69) is 41.9 Å². The first-order chi connectivity index (χ1) is 22.4. The number of pyridine rings is 2. The number of nitrogens with zero attached hydrogens (tertiary/aromatic N) is 6. The summed E-state index contributed by atoms with van der Waals surface area (Å²) in [5, 5.41) is 3.17. The highest BCUT2D eigenvalue weighted by atomic mass is 19.4. The van der Waals surface area contributed by atoms with E-state index in [9.17, 15) is 13.2 Å². The molecule has 3 atom stereocenters. The van der Waals surface area contributed by atoms with Gasteiger partial charge in [0, 0.05) is 30.6 Å². The van der Waals surface area contributed by atoms with E-state index in [1.807, 2.05) is 20.8 Å². The molecule has 6 rings (SSSR count). The number of rotatable bonds is 13. The third-order valence-electron chi connectivity index (χ3n) is 8.74. The molecular weight excluding hydrogens is 620 g/mol. The quantitative estimate of drug-likeness (QED) is 0.134. The monoisotopic (exact) mass is 662 g/mol. The number of hydrogen-bond acceptors (Lipinski definition) is 11. The van der Waals surface area contributed by atoms with Crippen LogP contribution in [0.25, 0.3) is 22.2 Å². The second kappa shape index (κ2) is 13.7. The third kappa shape index (κ3) is 7.05. The lowest BCUT2D eigenvalue weighted by Crippen LogP contribution is -2.71. The number of aliphatic imine (C=N–C) groups is 1. The average molecular weight is 663 g/mol. The van der Waals surface area contributed by atoms with Crippen molar-refractivity contribution in [2.24, 2.45) is 10.4 Å². The summed E-state index contributed by atoms with van der Waals surface area (Å²) in [6.07, 6.45) is -2.50. The number of aromatic nitrogens is 4. The largest absolute Gasteiger partial charge is 0.474 e. The number of ether oxygens (including phenoxy) is 3. The molecule has 0 spiro atoms. The molecule has 2 saturated heterocycles. The van der Waals surface area contributed by atoms with Crippen LogP contribution in [-0.2, 0) is 10.9 Å². The number of morpholine rings is 1. The molecule has 11 nitrogen and oxygen atoms in total. The molecule has 0 bridgehead atoms. The van der Waals surface area contributed by atoms with Gasteiger partial charge in [0.05, 0.1) is 49.3 Å². The Morgan fingerprint density at radius 1 is 1.23 bits per heavy atom. The Morgan fingerprint density at radius 2 is 1.98 bits per heavy atom. The number of halogens is 4. The summed E-state index contributed by atoms with van der Waals surface area (Å²) in [5.74, 6) is -1.31. The van der Waals surface area contributed by atoms with Gasteiger partial charge in [-0.25, -0.2) is 14.4 Å². The van der Waals surface area contributed by atoms with Gasteiger partial charge in [-0.2, -0.15) is 23.1 Å². The van der Waals surface area contributed by atoms with Gasteiger partial charge < -0.3 is 25.3 Å². The normalized spacial score (nSPS) is 20.2. The van der Waals surface area contributed by atoms with Crippen molar-refractivity contribution in [3.8, 4) is 23.1 Å². The molecule has 3 fully saturated rings. The van der Waals surface area contributed by atoms with Crippen molar-refractivity contribution in [3.05, 3.63) is 23.1 Å². The Morgan fingerprint density at radius 3 is 2.55 bits per heavy atom. The number of fused-ring (bicyclic) bond motifs is 2. The van der Waals surface area contributed by atoms with E-state index in [1.54, 1.807) is 6.92 Å².